The summed E-state index contributed by atoms with van der Waals surface area (Å²) >= 11 is 0. The van der Waals surface area contributed by atoms with E-state index in [1.807, 2.05) is 0 Å². The number of carbonyl (C=O) groups is 2. The van der Waals surface area contributed by atoms with E-state index in [-0.39, 0.29) is 30.8 Å². The molecule has 2 fully saturated rings. The second kappa shape index (κ2) is 9.44. The minimum atomic E-state index is -1.07. The molecule has 9 nitrogen and oxygen atoms in total. The SMILES string of the molecule is [2H]N(Cc1ccc(C(=N)N)cc1OC)C(=O)[C@]1(C2CCOCC2)CCCN1C(=O)CN. The zero-order valence-corrected chi connectivity index (χ0v) is 17.4. The van der Waals surface area contributed by atoms with Crippen LogP contribution in [0.15, 0.2) is 18.2 Å². The van der Waals surface area contributed by atoms with Gasteiger partial charge in [-0.3, -0.25) is 15.0 Å². The molecule has 0 aromatic heterocycles. The Morgan fingerprint density at radius 3 is 2.80 bits per heavy atom. The van der Waals surface area contributed by atoms with E-state index in [1.54, 1.807) is 23.1 Å². The van der Waals surface area contributed by atoms with Gasteiger partial charge in [0.15, 0.2) is 1.41 Å². The Bertz CT molecular complexity index is 845. The third-order valence-electron chi connectivity index (χ3n) is 6.16. The molecule has 30 heavy (non-hydrogen) atoms. The summed E-state index contributed by atoms with van der Waals surface area (Å²) in [5.41, 5.74) is 11.2. The normalized spacial score (nSPS) is 22.5. The summed E-state index contributed by atoms with van der Waals surface area (Å²) in [6.07, 6.45) is 2.52. The summed E-state index contributed by atoms with van der Waals surface area (Å²) in [7, 11) is 1.49. The quantitative estimate of drug-likeness (QED) is 0.371. The molecule has 9 heteroatoms. The number of nitrogens with one attached hydrogen (secondary N) is 2. The van der Waals surface area contributed by atoms with Crippen molar-refractivity contribution in [3.8, 4) is 5.75 Å². The Kier molecular flexibility index (Phi) is 6.49. The topological polar surface area (TPSA) is 144 Å². The second-order valence-corrected chi connectivity index (χ2v) is 7.73. The smallest absolute Gasteiger partial charge is 0.246 e. The van der Waals surface area contributed by atoms with E-state index in [1.165, 1.54) is 7.11 Å². The predicted octanol–water partition coefficient (Wildman–Crippen LogP) is 0.342. The summed E-state index contributed by atoms with van der Waals surface area (Å²) in [6, 6.07) is 4.97. The molecule has 3 rings (SSSR count). The molecule has 2 heterocycles. The maximum absolute atomic E-state index is 13.7. The van der Waals surface area contributed by atoms with Gasteiger partial charge in [0.05, 0.1) is 13.7 Å². The van der Waals surface area contributed by atoms with Crippen LogP contribution in [0.4, 0.5) is 0 Å². The van der Waals surface area contributed by atoms with E-state index in [0.29, 0.717) is 62.3 Å². The van der Waals surface area contributed by atoms with Gasteiger partial charge in [0.1, 0.15) is 17.1 Å². The molecule has 0 saturated carbocycles. The number of rotatable bonds is 7. The van der Waals surface area contributed by atoms with E-state index >= 15 is 0 Å². The number of carbonyl (C=O) groups excluding carboxylic acids is 2. The maximum Gasteiger partial charge on any atom is 0.246 e. The van der Waals surface area contributed by atoms with Crippen LogP contribution in [0.2, 0.25) is 1.41 Å². The van der Waals surface area contributed by atoms with Crippen LogP contribution in [0, 0.1) is 11.3 Å². The summed E-state index contributed by atoms with van der Waals surface area (Å²) < 4.78 is 19.5. The van der Waals surface area contributed by atoms with Crippen LogP contribution in [0.25, 0.3) is 0 Å². The Hall–Kier alpha value is -2.65. The first-order valence-corrected chi connectivity index (χ1v) is 10.3. The molecule has 1 aromatic carbocycles. The molecule has 1 aromatic rings. The number of ether oxygens (including phenoxy) is 2. The molecule has 2 amide bonds. The van der Waals surface area contributed by atoms with Crippen LogP contribution < -0.4 is 21.5 Å². The molecule has 2 aliphatic rings. The fourth-order valence-corrected chi connectivity index (χ4v) is 4.63. The lowest BCUT2D eigenvalue weighted by Crippen LogP contribution is -2.63. The zero-order valence-electron chi connectivity index (χ0n) is 18.4. The number of nitrogens with two attached hydrogens (primary N) is 2. The van der Waals surface area contributed by atoms with Gasteiger partial charge < -0.3 is 31.2 Å². The van der Waals surface area contributed by atoms with Crippen LogP contribution in [0.3, 0.4) is 0 Å². The minimum absolute atomic E-state index is 0.0180. The molecular weight excluding hydrogens is 386 g/mol. The minimum Gasteiger partial charge on any atom is -0.496 e. The van der Waals surface area contributed by atoms with Crippen LogP contribution in [0.5, 0.6) is 5.75 Å². The van der Waals surface area contributed by atoms with Crippen molar-refractivity contribution in [3.63, 3.8) is 0 Å². The number of nitrogens with zero attached hydrogens (tertiary/aromatic N) is 1. The van der Waals surface area contributed by atoms with Crippen molar-refractivity contribution in [1.82, 2.24) is 10.2 Å². The molecule has 164 valence electrons. The van der Waals surface area contributed by atoms with Gasteiger partial charge in [-0.15, -0.1) is 0 Å². The largest absolute Gasteiger partial charge is 0.496 e. The molecular formula is C21H31N5O4. The number of hydrogen-bond acceptors (Lipinski definition) is 6. The molecule has 0 radical (unpaired) electrons. The van der Waals surface area contributed by atoms with E-state index < -0.39 is 11.4 Å². The number of benzene rings is 1. The summed E-state index contributed by atoms with van der Waals surface area (Å²) in [5.74, 6) is -0.407. The van der Waals surface area contributed by atoms with Gasteiger partial charge in [0.25, 0.3) is 0 Å². The van der Waals surface area contributed by atoms with Crippen molar-refractivity contribution >= 4 is 17.6 Å². The zero-order chi connectivity index (χ0) is 22.6. The van der Waals surface area contributed by atoms with Crippen LogP contribution in [0.1, 0.15) is 36.8 Å². The number of hydrogen-bond donors (Lipinski definition) is 4. The average molecular weight is 419 g/mol. The Labute approximate surface area is 178 Å². The number of methoxy groups -OCH3 is 1. The van der Waals surface area contributed by atoms with Crippen molar-refractivity contribution in [3.05, 3.63) is 29.3 Å². The molecule has 6 N–H and O–H groups in total. The van der Waals surface area contributed by atoms with Crippen LogP contribution in [-0.2, 0) is 20.9 Å². The highest BCUT2D eigenvalue weighted by Gasteiger charge is 2.54. The Morgan fingerprint density at radius 1 is 1.43 bits per heavy atom. The van der Waals surface area contributed by atoms with Gasteiger partial charge >= 0.3 is 0 Å². The first-order valence-electron chi connectivity index (χ1n) is 10.7. The maximum atomic E-state index is 13.7. The van der Waals surface area contributed by atoms with Gasteiger partial charge in [-0.25, -0.2) is 0 Å². The lowest BCUT2D eigenvalue weighted by Gasteiger charge is -2.44. The number of likely N-dealkylation sites (tertiary alicyclic amines) is 1. The molecule has 0 spiro atoms. The third kappa shape index (κ3) is 4.13. The highest BCUT2D eigenvalue weighted by Crippen LogP contribution is 2.41. The van der Waals surface area contributed by atoms with Crippen molar-refractivity contribution in [2.75, 3.05) is 33.4 Å². The van der Waals surface area contributed by atoms with Gasteiger partial charge in [-0.1, -0.05) is 12.1 Å². The van der Waals surface area contributed by atoms with Gasteiger partial charge in [-0.2, -0.15) is 0 Å². The summed E-state index contributed by atoms with van der Waals surface area (Å²) in [6.45, 7) is 1.33. The Morgan fingerprint density at radius 2 is 2.17 bits per heavy atom. The average Bonchev–Trinajstić information content (AvgIpc) is 3.24. The van der Waals surface area contributed by atoms with Crippen LogP contribution in [-0.4, -0.2) is 61.5 Å². The number of nitrogen functional groups attached to an aromatic ring is 1. The highest BCUT2D eigenvalue weighted by molar-refractivity contribution is 5.95. The highest BCUT2D eigenvalue weighted by atomic mass is 16.5. The van der Waals surface area contributed by atoms with E-state index in [9.17, 15) is 9.59 Å². The lowest BCUT2D eigenvalue weighted by atomic mass is 9.76. The van der Waals surface area contributed by atoms with Gasteiger partial charge in [0.2, 0.25) is 11.8 Å². The van der Waals surface area contributed by atoms with Crippen molar-refractivity contribution in [1.29, 1.82) is 5.41 Å². The van der Waals surface area contributed by atoms with Crippen molar-refractivity contribution in [2.24, 2.45) is 17.4 Å². The molecule has 2 saturated heterocycles. The van der Waals surface area contributed by atoms with Crippen LogP contribution >= 0.6 is 0 Å². The molecule has 0 aliphatic carbocycles. The molecule has 2 aliphatic heterocycles. The molecule has 0 unspecified atom stereocenters. The standard InChI is InChI=1S/C21H31N5O4/c1-29-17-11-14(19(23)24)3-4-15(17)13-25-20(28)21(16-5-9-30-10-6-16)7-2-8-26(21)18(27)12-22/h3-4,11,16H,2,5-10,12-13,22H2,1H3,(H3,23,24)(H,25,28)/t21-/m1/s1/i/hD. The lowest BCUT2D eigenvalue weighted by molar-refractivity contribution is -0.150. The first-order chi connectivity index (χ1) is 14.8. The monoisotopic (exact) mass is 418 g/mol. The van der Waals surface area contributed by atoms with E-state index in [2.05, 4.69) is 0 Å². The van der Waals surface area contributed by atoms with Gasteiger partial charge in [0, 0.05) is 37.4 Å². The predicted molar refractivity (Wildman–Crippen MR) is 112 cm³/mol. The van der Waals surface area contributed by atoms with E-state index in [0.717, 1.165) is 5.31 Å². The van der Waals surface area contributed by atoms with E-state index in [4.69, 9.17) is 27.8 Å². The van der Waals surface area contributed by atoms with Gasteiger partial charge in [-0.05, 0) is 37.7 Å². The Balaban J connectivity index is 1.91. The fourth-order valence-electron chi connectivity index (χ4n) is 4.63. The summed E-state index contributed by atoms with van der Waals surface area (Å²) in [4.78, 5) is 28.0. The first kappa shape index (κ1) is 20.6. The fraction of sp³-hybridized carbons (Fsp3) is 0.571. The molecule has 0 bridgehead atoms. The van der Waals surface area contributed by atoms with Crippen molar-refractivity contribution in [2.45, 2.75) is 37.8 Å². The molecule has 1 atom stereocenters. The third-order valence-corrected chi connectivity index (χ3v) is 6.16. The number of amides is 2. The number of amidine groups is 1. The van der Waals surface area contributed by atoms with Crippen molar-refractivity contribution < 1.29 is 20.5 Å². The summed E-state index contributed by atoms with van der Waals surface area (Å²) in [5, 5.41) is 8.50. The second-order valence-electron chi connectivity index (χ2n) is 7.73.